The van der Waals surface area contributed by atoms with Gasteiger partial charge in [0, 0.05) is 32.7 Å². The third-order valence-corrected chi connectivity index (χ3v) is 3.05. The van der Waals surface area contributed by atoms with E-state index in [-0.39, 0.29) is 45.6 Å². The van der Waals surface area contributed by atoms with Crippen molar-refractivity contribution in [2.45, 2.75) is 26.2 Å². The Morgan fingerprint density at radius 3 is 2.60 bits per heavy atom. The van der Waals surface area contributed by atoms with Crippen LogP contribution < -0.4 is 0 Å². The van der Waals surface area contributed by atoms with Crippen molar-refractivity contribution in [2.75, 3.05) is 0 Å². The molecular formula is C12H15BSY-2. The molecule has 0 fully saturated rings. The summed E-state index contributed by atoms with van der Waals surface area (Å²) in [6.07, 6.45) is 0. The van der Waals surface area contributed by atoms with E-state index in [1.54, 1.807) is 11.3 Å². The smallest absolute Gasteiger partial charge is 0 e. The summed E-state index contributed by atoms with van der Waals surface area (Å²) in [5.74, 6) is 2.08. The first-order chi connectivity index (χ1) is 6.09. The monoisotopic (exact) mass is 291 g/mol. The van der Waals surface area contributed by atoms with E-state index in [2.05, 4.69) is 51.2 Å². The van der Waals surface area contributed by atoms with Crippen LogP contribution in [0.1, 0.15) is 26.3 Å². The predicted molar refractivity (Wildman–Crippen MR) is 67.1 cm³/mol. The van der Waals surface area contributed by atoms with Crippen molar-refractivity contribution in [3.8, 4) is 0 Å². The summed E-state index contributed by atoms with van der Waals surface area (Å²) in [5.41, 5.74) is 1.55. The zero-order chi connectivity index (χ0) is 9.47. The molecule has 0 saturated carbocycles. The van der Waals surface area contributed by atoms with Gasteiger partial charge in [-0.2, -0.15) is 0 Å². The molecule has 2 rings (SSSR count). The van der Waals surface area contributed by atoms with Crippen LogP contribution >= 0.6 is 11.3 Å². The van der Waals surface area contributed by atoms with Gasteiger partial charge in [-0.3, -0.25) is 0 Å². The van der Waals surface area contributed by atoms with Gasteiger partial charge in [0.1, 0.15) is 0 Å². The number of thiophene rings is 1. The van der Waals surface area contributed by atoms with Gasteiger partial charge in [-0.05, 0) is 0 Å². The van der Waals surface area contributed by atoms with Crippen molar-refractivity contribution < 1.29 is 32.7 Å². The second kappa shape index (κ2) is 5.70. The van der Waals surface area contributed by atoms with Gasteiger partial charge < -0.3 is 7.43 Å². The van der Waals surface area contributed by atoms with Gasteiger partial charge in [-0.1, -0.05) is 0 Å². The Morgan fingerprint density at radius 1 is 1.33 bits per heavy atom. The molecule has 1 radical (unpaired) electrons. The minimum absolute atomic E-state index is 0. The number of fused-ring (bicyclic) bond motifs is 1. The Hall–Kier alpha value is 0.479. The fourth-order valence-corrected chi connectivity index (χ4v) is 2.54. The van der Waals surface area contributed by atoms with Gasteiger partial charge in [-0.25, -0.2) is 0 Å². The first kappa shape index (κ1) is 15.5. The van der Waals surface area contributed by atoms with E-state index in [1.807, 2.05) is 0 Å². The van der Waals surface area contributed by atoms with E-state index in [1.165, 1.54) is 15.5 Å². The Morgan fingerprint density at radius 2 is 2.00 bits per heavy atom. The molecular weight excluding hydrogens is 276 g/mol. The molecule has 0 atom stereocenters. The van der Waals surface area contributed by atoms with Crippen molar-refractivity contribution in [1.29, 1.82) is 0 Å². The molecule has 0 unspecified atom stereocenters. The van der Waals surface area contributed by atoms with Crippen molar-refractivity contribution in [3.63, 3.8) is 0 Å². The molecule has 0 amide bonds. The quantitative estimate of drug-likeness (QED) is 0.648. The van der Waals surface area contributed by atoms with Gasteiger partial charge in [0.15, 0.2) is 0 Å². The molecule has 0 bridgehead atoms. The van der Waals surface area contributed by atoms with E-state index in [0.29, 0.717) is 0 Å². The summed E-state index contributed by atoms with van der Waals surface area (Å²) in [6, 6.07) is 4.28. The molecule has 0 spiro atoms. The Balaban J connectivity index is 0.000000980. The number of hydrogen-bond acceptors (Lipinski definition) is 1. The van der Waals surface area contributed by atoms with Crippen LogP contribution in [0, 0.1) is 12.8 Å². The summed E-state index contributed by atoms with van der Waals surface area (Å²) in [5, 5.41) is 4.76. The maximum Gasteiger partial charge on any atom is 0 e. The SMILES string of the molecule is CC(C)(C)c1[c-]sc2bcccc12.[CH3-].[Y]. The normalized spacial score (nSPS) is 10.3. The fourth-order valence-electron chi connectivity index (χ4n) is 1.48. The molecule has 15 heavy (non-hydrogen) atoms. The second-order valence-corrected chi connectivity index (χ2v) is 5.17. The molecule has 2 heterocycles. The van der Waals surface area contributed by atoms with E-state index >= 15 is 0 Å². The van der Waals surface area contributed by atoms with Crippen LogP contribution in [0.2, 0.25) is 0 Å². The van der Waals surface area contributed by atoms with Crippen LogP contribution in [0.15, 0.2) is 18.1 Å². The summed E-state index contributed by atoms with van der Waals surface area (Å²) in [6.45, 7) is 8.86. The maximum absolute atomic E-state index is 3.40. The summed E-state index contributed by atoms with van der Waals surface area (Å²) < 4.78 is 1.34. The molecule has 2 aromatic heterocycles. The summed E-state index contributed by atoms with van der Waals surface area (Å²) in [4.78, 5) is 0. The maximum atomic E-state index is 3.40. The summed E-state index contributed by atoms with van der Waals surface area (Å²) in [7, 11) is 0. The third-order valence-electron chi connectivity index (χ3n) is 2.17. The van der Waals surface area contributed by atoms with Gasteiger partial charge in [0.25, 0.3) is 0 Å². The predicted octanol–water partition coefficient (Wildman–Crippen LogP) is 3.78. The van der Waals surface area contributed by atoms with Crippen LogP contribution in [0.25, 0.3) is 9.98 Å². The summed E-state index contributed by atoms with van der Waals surface area (Å²) >= 11 is 1.72. The van der Waals surface area contributed by atoms with Crippen LogP contribution in [-0.4, -0.2) is 6.91 Å². The molecule has 0 aromatic carbocycles. The largest absolute Gasteiger partial charge is 0.358 e. The average molecular weight is 291 g/mol. The second-order valence-electron chi connectivity index (χ2n) is 4.33. The standard InChI is InChI=1S/C11H12BS.CH3.Y/c1-11(2,3)9-7-13-10-8(9)5-4-6-12-10;;/h4-6H,1-3H3;1H3;/q2*-1;. The molecule has 0 nitrogen and oxygen atoms in total. The van der Waals surface area contributed by atoms with E-state index in [9.17, 15) is 0 Å². The fraction of sp³-hybridized carbons (Fsp3) is 0.333. The Kier molecular flexibility index (Phi) is 5.88. The molecule has 2 aromatic rings. The average Bonchev–Trinajstić information content (AvgIpc) is 2.45. The molecule has 0 N–H and O–H groups in total. The van der Waals surface area contributed by atoms with Gasteiger partial charge >= 0.3 is 83.5 Å². The van der Waals surface area contributed by atoms with Crippen molar-refractivity contribution >= 4 is 28.2 Å². The first-order valence-corrected chi connectivity index (χ1v) is 5.30. The Labute approximate surface area is 123 Å². The van der Waals surface area contributed by atoms with E-state index in [4.69, 9.17) is 0 Å². The van der Waals surface area contributed by atoms with E-state index in [0.717, 1.165) is 0 Å². The third kappa shape index (κ3) is 3.22. The first-order valence-electron chi connectivity index (χ1n) is 4.49. The van der Waals surface area contributed by atoms with Crippen molar-refractivity contribution in [2.24, 2.45) is 0 Å². The zero-order valence-corrected chi connectivity index (χ0v) is 13.4. The number of hydrogen-bond donors (Lipinski definition) is 0. The van der Waals surface area contributed by atoms with E-state index < -0.39 is 0 Å². The van der Waals surface area contributed by atoms with Gasteiger partial charge in [0.2, 0.25) is 0 Å². The molecule has 0 aliphatic heterocycles. The Bertz CT molecular complexity index is 428. The van der Waals surface area contributed by atoms with Gasteiger partial charge in [0.05, 0.1) is 0 Å². The molecule has 77 valence electrons. The van der Waals surface area contributed by atoms with Crippen LogP contribution in [0.5, 0.6) is 0 Å². The number of rotatable bonds is 0. The molecule has 0 aliphatic rings. The van der Waals surface area contributed by atoms with Gasteiger partial charge in [-0.15, -0.1) is 0 Å². The van der Waals surface area contributed by atoms with Crippen LogP contribution in [-0.2, 0) is 38.1 Å². The van der Waals surface area contributed by atoms with Crippen LogP contribution in [0.3, 0.4) is 0 Å². The van der Waals surface area contributed by atoms with Crippen LogP contribution in [0.4, 0.5) is 0 Å². The molecule has 0 saturated heterocycles. The molecule has 3 heteroatoms. The zero-order valence-electron chi connectivity index (χ0n) is 9.79. The topological polar surface area (TPSA) is 0 Å². The van der Waals surface area contributed by atoms with Crippen molar-refractivity contribution in [3.05, 3.63) is 36.5 Å². The minimum Gasteiger partial charge on any atom is -0.358 e. The molecule has 0 aliphatic carbocycles. The van der Waals surface area contributed by atoms with Crippen molar-refractivity contribution in [1.82, 2.24) is 0 Å². The minimum atomic E-state index is 0.